The molecule has 124 valence electrons. The van der Waals surface area contributed by atoms with Gasteiger partial charge in [0, 0.05) is 25.3 Å². The number of morpholine rings is 1. The van der Waals surface area contributed by atoms with Crippen LogP contribution in [0.1, 0.15) is 37.9 Å². The van der Waals surface area contributed by atoms with Gasteiger partial charge in [0.1, 0.15) is 17.7 Å². The van der Waals surface area contributed by atoms with E-state index >= 15 is 0 Å². The van der Waals surface area contributed by atoms with Crippen LogP contribution in [0.5, 0.6) is 0 Å². The highest BCUT2D eigenvalue weighted by atomic mass is 19.1. The molecule has 4 nitrogen and oxygen atoms in total. The summed E-state index contributed by atoms with van der Waals surface area (Å²) >= 11 is 0. The van der Waals surface area contributed by atoms with Gasteiger partial charge in [-0.3, -0.25) is 9.59 Å². The van der Waals surface area contributed by atoms with Gasteiger partial charge in [0.25, 0.3) is 0 Å². The van der Waals surface area contributed by atoms with Crippen molar-refractivity contribution in [2.24, 2.45) is 11.8 Å². The maximum atomic E-state index is 13.0. The van der Waals surface area contributed by atoms with Gasteiger partial charge in [0.05, 0.1) is 13.2 Å². The van der Waals surface area contributed by atoms with E-state index in [1.165, 1.54) is 12.1 Å². The van der Waals surface area contributed by atoms with Crippen molar-refractivity contribution < 1.29 is 18.7 Å². The Bertz CT molecular complexity index is 586. The van der Waals surface area contributed by atoms with Gasteiger partial charge in [-0.25, -0.2) is 4.39 Å². The van der Waals surface area contributed by atoms with Crippen LogP contribution in [0.25, 0.3) is 0 Å². The molecule has 1 aromatic carbocycles. The van der Waals surface area contributed by atoms with Crippen LogP contribution in [-0.2, 0) is 14.3 Å². The van der Waals surface area contributed by atoms with E-state index in [4.69, 9.17) is 4.74 Å². The van der Waals surface area contributed by atoms with Crippen LogP contribution >= 0.6 is 0 Å². The van der Waals surface area contributed by atoms with Crippen LogP contribution in [0.3, 0.4) is 0 Å². The first kappa shape index (κ1) is 16.1. The highest BCUT2D eigenvalue weighted by Crippen LogP contribution is 2.32. The zero-order valence-electron chi connectivity index (χ0n) is 13.3. The van der Waals surface area contributed by atoms with E-state index in [-0.39, 0.29) is 35.4 Å². The monoisotopic (exact) mass is 319 g/mol. The van der Waals surface area contributed by atoms with Crippen molar-refractivity contribution in [1.82, 2.24) is 4.90 Å². The van der Waals surface area contributed by atoms with Gasteiger partial charge in [0.2, 0.25) is 5.91 Å². The molecule has 3 rings (SSSR count). The molecule has 1 aliphatic heterocycles. The Morgan fingerprint density at radius 1 is 1.35 bits per heavy atom. The van der Waals surface area contributed by atoms with E-state index in [1.54, 1.807) is 12.1 Å². The molecule has 0 aromatic heterocycles. The number of Topliss-reactive ketones (excluding diaryl/α,β-unsaturated/α-hetero) is 1. The van der Waals surface area contributed by atoms with E-state index in [1.807, 2.05) is 11.8 Å². The average molecular weight is 319 g/mol. The van der Waals surface area contributed by atoms with Crippen LogP contribution in [-0.4, -0.2) is 36.3 Å². The summed E-state index contributed by atoms with van der Waals surface area (Å²) in [6, 6.07) is 6.22. The molecule has 0 N–H and O–H groups in total. The molecule has 1 heterocycles. The molecule has 1 saturated carbocycles. The molecule has 0 bridgehead atoms. The minimum absolute atomic E-state index is 0.00659. The third kappa shape index (κ3) is 3.61. The van der Waals surface area contributed by atoms with Crippen molar-refractivity contribution in [2.75, 3.05) is 19.7 Å². The maximum Gasteiger partial charge on any atom is 0.223 e. The predicted octanol–water partition coefficient (Wildman–Crippen LogP) is 2.73. The Kier molecular flexibility index (Phi) is 4.76. The van der Waals surface area contributed by atoms with Crippen molar-refractivity contribution in [3.63, 3.8) is 0 Å². The third-order valence-electron chi connectivity index (χ3n) is 5.07. The van der Waals surface area contributed by atoms with Gasteiger partial charge >= 0.3 is 0 Å². The number of ketones is 1. The number of amides is 1. The lowest BCUT2D eigenvalue weighted by Gasteiger charge is -2.34. The van der Waals surface area contributed by atoms with E-state index in [0.29, 0.717) is 32.5 Å². The second-order valence-electron chi connectivity index (χ2n) is 6.51. The maximum absolute atomic E-state index is 13.0. The molecule has 1 amide bonds. The molecule has 0 spiro atoms. The molecule has 5 heteroatoms. The number of carbonyl (C=O) groups excluding carboxylic acids is 2. The molecule has 1 aromatic rings. The zero-order valence-corrected chi connectivity index (χ0v) is 13.3. The largest absolute Gasteiger partial charge is 0.370 e. The average Bonchev–Trinajstić information content (AvgIpc) is 2.88. The van der Waals surface area contributed by atoms with Crippen LogP contribution in [0, 0.1) is 17.7 Å². The molecular weight excluding hydrogens is 297 g/mol. The summed E-state index contributed by atoms with van der Waals surface area (Å²) in [7, 11) is 0. The van der Waals surface area contributed by atoms with Crippen molar-refractivity contribution in [3.05, 3.63) is 35.6 Å². The lowest BCUT2D eigenvalue weighted by Crippen LogP contribution is -2.43. The van der Waals surface area contributed by atoms with Crippen molar-refractivity contribution >= 4 is 11.7 Å². The molecular formula is C18H22FNO3. The molecule has 3 unspecified atom stereocenters. The Balaban J connectivity index is 1.60. The summed E-state index contributed by atoms with van der Waals surface area (Å²) in [5, 5.41) is 0. The molecule has 1 saturated heterocycles. The smallest absolute Gasteiger partial charge is 0.223 e. The van der Waals surface area contributed by atoms with Crippen molar-refractivity contribution in [2.45, 2.75) is 32.3 Å². The van der Waals surface area contributed by atoms with Gasteiger partial charge < -0.3 is 9.64 Å². The van der Waals surface area contributed by atoms with Gasteiger partial charge in [-0.05, 0) is 30.0 Å². The number of hydrogen-bond donors (Lipinski definition) is 0. The summed E-state index contributed by atoms with van der Waals surface area (Å²) in [4.78, 5) is 26.0. The van der Waals surface area contributed by atoms with Crippen LogP contribution in [0.4, 0.5) is 4.39 Å². The molecule has 2 fully saturated rings. The second kappa shape index (κ2) is 6.79. The highest BCUT2D eigenvalue weighted by molar-refractivity contribution is 5.85. The lowest BCUT2D eigenvalue weighted by molar-refractivity contribution is -0.140. The minimum Gasteiger partial charge on any atom is -0.370 e. The molecule has 1 aliphatic carbocycles. The third-order valence-corrected chi connectivity index (χ3v) is 5.07. The van der Waals surface area contributed by atoms with Crippen LogP contribution in [0.2, 0.25) is 0 Å². The normalized spacial score (nSPS) is 28.2. The molecule has 3 atom stereocenters. The van der Waals surface area contributed by atoms with Gasteiger partial charge in [-0.2, -0.15) is 0 Å². The quantitative estimate of drug-likeness (QED) is 0.860. The Labute approximate surface area is 135 Å². The summed E-state index contributed by atoms with van der Waals surface area (Å²) in [5.41, 5.74) is 0.883. The summed E-state index contributed by atoms with van der Waals surface area (Å²) in [5.74, 6) is 0.244. The van der Waals surface area contributed by atoms with Gasteiger partial charge in [0.15, 0.2) is 0 Å². The Hall–Kier alpha value is -1.75. The van der Waals surface area contributed by atoms with Gasteiger partial charge in [-0.1, -0.05) is 19.1 Å². The SMILES string of the molecule is CC1C(=O)CCC1CC(=O)N1CCOC(c2ccc(F)cc2)C1. The standard InChI is InChI=1S/C18H22FNO3/c1-12-14(4-7-16(12)21)10-18(22)20-8-9-23-17(11-20)13-2-5-15(19)6-3-13/h2-3,5-6,12,14,17H,4,7-11H2,1H3. The molecule has 23 heavy (non-hydrogen) atoms. The first-order chi connectivity index (χ1) is 11.0. The van der Waals surface area contributed by atoms with Gasteiger partial charge in [-0.15, -0.1) is 0 Å². The first-order valence-corrected chi connectivity index (χ1v) is 8.22. The fourth-order valence-electron chi connectivity index (χ4n) is 3.46. The van der Waals surface area contributed by atoms with Crippen LogP contribution in [0.15, 0.2) is 24.3 Å². The van der Waals surface area contributed by atoms with Crippen molar-refractivity contribution in [3.8, 4) is 0 Å². The number of carbonyl (C=O) groups is 2. The number of hydrogen-bond acceptors (Lipinski definition) is 3. The predicted molar refractivity (Wildman–Crippen MR) is 83.2 cm³/mol. The van der Waals surface area contributed by atoms with Crippen molar-refractivity contribution in [1.29, 1.82) is 0 Å². The fraction of sp³-hybridized carbons (Fsp3) is 0.556. The second-order valence-corrected chi connectivity index (χ2v) is 6.51. The summed E-state index contributed by atoms with van der Waals surface area (Å²) in [6.07, 6.45) is 1.64. The van der Waals surface area contributed by atoms with E-state index in [0.717, 1.165) is 12.0 Å². The Morgan fingerprint density at radius 3 is 2.74 bits per heavy atom. The summed E-state index contributed by atoms with van der Waals surface area (Å²) < 4.78 is 18.7. The zero-order chi connectivity index (χ0) is 16.4. The number of ether oxygens (including phenoxy) is 1. The molecule has 0 radical (unpaired) electrons. The van der Waals surface area contributed by atoms with E-state index in [2.05, 4.69) is 0 Å². The Morgan fingerprint density at radius 2 is 2.09 bits per heavy atom. The summed E-state index contributed by atoms with van der Waals surface area (Å²) in [6.45, 7) is 3.46. The van der Waals surface area contributed by atoms with E-state index < -0.39 is 0 Å². The molecule has 2 aliphatic rings. The highest BCUT2D eigenvalue weighted by Gasteiger charge is 2.34. The topological polar surface area (TPSA) is 46.6 Å². The number of benzene rings is 1. The van der Waals surface area contributed by atoms with E-state index in [9.17, 15) is 14.0 Å². The number of nitrogens with zero attached hydrogens (tertiary/aromatic N) is 1. The number of halogens is 1. The fourth-order valence-corrected chi connectivity index (χ4v) is 3.46. The lowest BCUT2D eigenvalue weighted by atomic mass is 9.93. The number of rotatable bonds is 3. The minimum atomic E-state index is -0.280. The van der Waals surface area contributed by atoms with Crippen LogP contribution < -0.4 is 0 Å². The first-order valence-electron chi connectivity index (χ1n) is 8.22.